The molecule has 18 heavy (non-hydrogen) atoms. The van der Waals surface area contributed by atoms with Gasteiger partial charge in [0.15, 0.2) is 0 Å². The first-order chi connectivity index (χ1) is 8.36. The second-order valence-electron chi connectivity index (χ2n) is 5.18. The predicted octanol–water partition coefficient (Wildman–Crippen LogP) is 2.36. The minimum atomic E-state index is -0.977. The van der Waals surface area contributed by atoms with E-state index in [2.05, 4.69) is 24.5 Å². The Bertz CT molecular complexity index is 267. The predicted molar refractivity (Wildman–Crippen MR) is 71.5 cm³/mol. The molecule has 5 nitrogen and oxygen atoms in total. The maximum Gasteiger partial charge on any atom is 0.326 e. The van der Waals surface area contributed by atoms with E-state index in [0.29, 0.717) is 12.3 Å². The number of carboxylic acids is 1. The van der Waals surface area contributed by atoms with E-state index in [9.17, 15) is 9.59 Å². The molecule has 0 aromatic rings. The van der Waals surface area contributed by atoms with Gasteiger partial charge in [-0.25, -0.2) is 9.59 Å². The highest BCUT2D eigenvalue weighted by Gasteiger charge is 2.19. The van der Waals surface area contributed by atoms with Gasteiger partial charge in [0.2, 0.25) is 0 Å². The number of unbranched alkanes of at least 4 members (excludes halogenated alkanes) is 1. The molecule has 0 aliphatic carbocycles. The molecule has 0 bridgehead atoms. The molecule has 5 heteroatoms. The van der Waals surface area contributed by atoms with E-state index in [1.54, 1.807) is 0 Å². The summed E-state index contributed by atoms with van der Waals surface area (Å²) in [6.07, 6.45) is 3.05. The smallest absolute Gasteiger partial charge is 0.326 e. The van der Waals surface area contributed by atoms with Gasteiger partial charge in [0.05, 0.1) is 0 Å². The summed E-state index contributed by atoms with van der Waals surface area (Å²) in [7, 11) is 0. The number of hydrogen-bond donors (Lipinski definition) is 3. The van der Waals surface area contributed by atoms with Crippen LogP contribution in [-0.2, 0) is 4.79 Å². The van der Waals surface area contributed by atoms with Crippen molar-refractivity contribution in [2.75, 3.05) is 0 Å². The second-order valence-corrected chi connectivity index (χ2v) is 5.18. The van der Waals surface area contributed by atoms with Crippen LogP contribution < -0.4 is 10.6 Å². The summed E-state index contributed by atoms with van der Waals surface area (Å²) in [5, 5.41) is 14.3. The lowest BCUT2D eigenvalue weighted by molar-refractivity contribution is -0.139. The van der Waals surface area contributed by atoms with Crippen LogP contribution in [0.2, 0.25) is 0 Å². The number of aliphatic carboxylic acids is 1. The first-order valence-electron chi connectivity index (χ1n) is 6.66. The third-order valence-electron chi connectivity index (χ3n) is 2.65. The molecular formula is C13H26N2O3. The molecule has 0 rings (SSSR count). The molecule has 1 unspecified atom stereocenters. The fraction of sp³-hybridized carbons (Fsp3) is 0.846. The topological polar surface area (TPSA) is 78.4 Å². The van der Waals surface area contributed by atoms with Crippen molar-refractivity contribution in [3.8, 4) is 0 Å². The van der Waals surface area contributed by atoms with Crippen LogP contribution in [0.5, 0.6) is 0 Å². The zero-order valence-corrected chi connectivity index (χ0v) is 11.8. The van der Waals surface area contributed by atoms with Crippen LogP contribution in [0, 0.1) is 5.92 Å². The van der Waals surface area contributed by atoms with Crippen molar-refractivity contribution < 1.29 is 14.7 Å². The number of carbonyl (C=O) groups excluding carboxylic acids is 1. The molecule has 106 valence electrons. The maximum absolute atomic E-state index is 11.6. The van der Waals surface area contributed by atoms with E-state index in [0.717, 1.165) is 19.3 Å². The zero-order chi connectivity index (χ0) is 14.1. The molecule has 0 saturated heterocycles. The van der Waals surface area contributed by atoms with E-state index in [-0.39, 0.29) is 6.04 Å². The number of carbonyl (C=O) groups is 2. The summed E-state index contributed by atoms with van der Waals surface area (Å²) in [4.78, 5) is 22.6. The van der Waals surface area contributed by atoms with Crippen molar-refractivity contribution in [2.45, 2.75) is 65.5 Å². The summed E-state index contributed by atoms with van der Waals surface area (Å²) >= 11 is 0. The zero-order valence-electron chi connectivity index (χ0n) is 11.8. The Labute approximate surface area is 109 Å². The second kappa shape index (κ2) is 8.78. The van der Waals surface area contributed by atoms with E-state index in [1.807, 2.05) is 13.8 Å². The van der Waals surface area contributed by atoms with Crippen molar-refractivity contribution in [1.82, 2.24) is 10.6 Å². The lowest BCUT2D eigenvalue weighted by Gasteiger charge is -2.19. The molecule has 0 aliphatic rings. The van der Waals surface area contributed by atoms with Crippen molar-refractivity contribution in [2.24, 2.45) is 5.92 Å². The third-order valence-corrected chi connectivity index (χ3v) is 2.65. The highest BCUT2D eigenvalue weighted by Crippen LogP contribution is 2.04. The quantitative estimate of drug-likeness (QED) is 0.625. The van der Waals surface area contributed by atoms with Gasteiger partial charge in [-0.3, -0.25) is 0 Å². The average Bonchev–Trinajstić information content (AvgIpc) is 2.22. The molecule has 0 aromatic carbocycles. The Kier molecular flexibility index (Phi) is 8.16. The molecule has 3 N–H and O–H groups in total. The molecule has 0 fully saturated rings. The van der Waals surface area contributed by atoms with Gasteiger partial charge in [-0.2, -0.15) is 0 Å². The summed E-state index contributed by atoms with van der Waals surface area (Å²) in [5.41, 5.74) is 0. The summed E-state index contributed by atoms with van der Waals surface area (Å²) < 4.78 is 0. The van der Waals surface area contributed by atoms with Gasteiger partial charge in [-0.1, -0.05) is 33.6 Å². The minimum absolute atomic E-state index is 0.0469. The number of amides is 2. The first-order valence-corrected chi connectivity index (χ1v) is 6.66. The molecule has 2 amide bonds. The van der Waals surface area contributed by atoms with Crippen LogP contribution in [0.3, 0.4) is 0 Å². The SMILES string of the molecule is CCCC[C@H](NC(=O)NC(C)CC(C)C)C(=O)O. The fourth-order valence-electron chi connectivity index (χ4n) is 1.86. The first kappa shape index (κ1) is 16.7. The number of urea groups is 1. The van der Waals surface area contributed by atoms with E-state index >= 15 is 0 Å². The number of nitrogens with one attached hydrogen (secondary N) is 2. The summed E-state index contributed by atoms with van der Waals surface area (Å²) in [5.74, 6) is -0.481. The van der Waals surface area contributed by atoms with Crippen LogP contribution in [0.4, 0.5) is 4.79 Å². The van der Waals surface area contributed by atoms with Crippen molar-refractivity contribution in [3.63, 3.8) is 0 Å². The van der Waals surface area contributed by atoms with Crippen LogP contribution in [0.15, 0.2) is 0 Å². The standard InChI is InChI=1S/C13H26N2O3/c1-5-6-7-11(12(16)17)15-13(18)14-10(4)8-9(2)3/h9-11H,5-8H2,1-4H3,(H,16,17)(H2,14,15,18)/t10?,11-/m0/s1. The normalized spacial score (nSPS) is 14.1. The molecule has 0 aliphatic heterocycles. The van der Waals surface area contributed by atoms with E-state index in [1.165, 1.54) is 0 Å². The Morgan fingerprint density at radius 2 is 1.78 bits per heavy atom. The highest BCUT2D eigenvalue weighted by molar-refractivity contribution is 5.82. The van der Waals surface area contributed by atoms with Gasteiger partial charge in [0.1, 0.15) is 6.04 Å². The number of hydrogen-bond acceptors (Lipinski definition) is 2. The number of carboxylic acid groups (broad SMARTS) is 1. The lowest BCUT2D eigenvalue weighted by Crippen LogP contribution is -2.48. The van der Waals surface area contributed by atoms with Gasteiger partial charge in [0.25, 0.3) is 0 Å². The largest absolute Gasteiger partial charge is 0.480 e. The average molecular weight is 258 g/mol. The molecule has 0 saturated carbocycles. The molecule has 0 aromatic heterocycles. The van der Waals surface area contributed by atoms with Crippen LogP contribution in [0.25, 0.3) is 0 Å². The minimum Gasteiger partial charge on any atom is -0.480 e. The van der Waals surface area contributed by atoms with Crippen LogP contribution in [0.1, 0.15) is 53.4 Å². The van der Waals surface area contributed by atoms with Gasteiger partial charge < -0.3 is 15.7 Å². The Morgan fingerprint density at radius 1 is 1.17 bits per heavy atom. The summed E-state index contributed by atoms with van der Waals surface area (Å²) in [6, 6.07) is -1.14. The molecule has 0 heterocycles. The fourth-order valence-corrected chi connectivity index (χ4v) is 1.86. The maximum atomic E-state index is 11.6. The van der Waals surface area contributed by atoms with Crippen molar-refractivity contribution >= 4 is 12.0 Å². The Morgan fingerprint density at radius 3 is 2.22 bits per heavy atom. The monoisotopic (exact) mass is 258 g/mol. The molecular weight excluding hydrogens is 232 g/mol. The van der Waals surface area contributed by atoms with Crippen LogP contribution >= 0.6 is 0 Å². The van der Waals surface area contributed by atoms with Gasteiger partial charge in [-0.05, 0) is 25.7 Å². The molecule has 2 atom stereocenters. The lowest BCUT2D eigenvalue weighted by atomic mass is 10.1. The van der Waals surface area contributed by atoms with E-state index in [4.69, 9.17) is 5.11 Å². The Hall–Kier alpha value is -1.26. The summed E-state index contributed by atoms with van der Waals surface area (Å²) in [6.45, 7) is 8.07. The third kappa shape index (κ3) is 7.92. The number of rotatable bonds is 8. The van der Waals surface area contributed by atoms with E-state index < -0.39 is 18.0 Å². The van der Waals surface area contributed by atoms with Gasteiger partial charge >= 0.3 is 12.0 Å². The van der Waals surface area contributed by atoms with Gasteiger partial charge in [0, 0.05) is 6.04 Å². The van der Waals surface area contributed by atoms with Crippen LogP contribution in [-0.4, -0.2) is 29.2 Å². The molecule has 0 radical (unpaired) electrons. The van der Waals surface area contributed by atoms with Crippen molar-refractivity contribution in [1.29, 1.82) is 0 Å². The van der Waals surface area contributed by atoms with Crippen molar-refractivity contribution in [3.05, 3.63) is 0 Å². The molecule has 0 spiro atoms. The Balaban J connectivity index is 4.12. The highest BCUT2D eigenvalue weighted by atomic mass is 16.4. The van der Waals surface area contributed by atoms with Gasteiger partial charge in [-0.15, -0.1) is 0 Å².